The minimum absolute atomic E-state index is 0.192. The van der Waals surface area contributed by atoms with Gasteiger partial charge >= 0.3 is 0 Å². The lowest BCUT2D eigenvalue weighted by Gasteiger charge is -2.05. The summed E-state index contributed by atoms with van der Waals surface area (Å²) >= 11 is 0. The highest BCUT2D eigenvalue weighted by Gasteiger charge is 2.18. The number of carbonyl (C=O) groups excluding carboxylic acids is 1. The van der Waals surface area contributed by atoms with Crippen LogP contribution in [0.5, 0.6) is 11.6 Å². The lowest BCUT2D eigenvalue weighted by molar-refractivity contribution is 0.101. The number of anilines is 1. The van der Waals surface area contributed by atoms with E-state index in [0.29, 0.717) is 17.3 Å². The first-order valence-electron chi connectivity index (χ1n) is 7.21. The molecule has 0 saturated carbocycles. The summed E-state index contributed by atoms with van der Waals surface area (Å²) in [6.07, 6.45) is 3.17. The van der Waals surface area contributed by atoms with Gasteiger partial charge in [-0.15, -0.1) is 0 Å². The number of hydrogen-bond donors (Lipinski definition) is 1. The number of nitrogens with one attached hydrogen (secondary N) is 1. The second-order valence-corrected chi connectivity index (χ2v) is 4.87. The van der Waals surface area contributed by atoms with Crippen molar-refractivity contribution in [2.45, 2.75) is 0 Å². The molecule has 7 nitrogen and oxygen atoms in total. The Labute approximate surface area is 138 Å². The van der Waals surface area contributed by atoms with Crippen LogP contribution < -0.4 is 14.8 Å². The van der Waals surface area contributed by atoms with E-state index < -0.39 is 0 Å². The molecule has 2 heterocycles. The second-order valence-electron chi connectivity index (χ2n) is 4.87. The maximum absolute atomic E-state index is 12.5. The molecule has 7 heteroatoms. The summed E-state index contributed by atoms with van der Waals surface area (Å²) in [7, 11) is 3.03. The third-order valence-electron chi connectivity index (χ3n) is 3.34. The molecule has 0 aliphatic carbocycles. The standard InChI is InChI=1S/C17H16N4O3/c1-23-14-11-21(13-6-4-3-5-7-13)20-16(14)17(22)19-12-8-9-15(24-2)18-10-12/h3-11H,1-2H3,(H,19,22). The topological polar surface area (TPSA) is 78.3 Å². The summed E-state index contributed by atoms with van der Waals surface area (Å²) in [6.45, 7) is 0. The number of nitrogens with zero attached hydrogens (tertiary/aromatic N) is 3. The third kappa shape index (κ3) is 3.19. The van der Waals surface area contributed by atoms with Crippen molar-refractivity contribution in [1.29, 1.82) is 0 Å². The van der Waals surface area contributed by atoms with Crippen molar-refractivity contribution in [1.82, 2.24) is 14.8 Å². The number of pyridine rings is 1. The number of rotatable bonds is 5. The summed E-state index contributed by atoms with van der Waals surface area (Å²) in [5.41, 5.74) is 1.57. The molecule has 3 aromatic rings. The van der Waals surface area contributed by atoms with Gasteiger partial charge in [0.1, 0.15) is 0 Å². The van der Waals surface area contributed by atoms with E-state index in [0.717, 1.165) is 5.69 Å². The van der Waals surface area contributed by atoms with Gasteiger partial charge in [-0.25, -0.2) is 9.67 Å². The highest BCUT2D eigenvalue weighted by Crippen LogP contribution is 2.21. The Kier molecular flexibility index (Phi) is 4.42. The molecule has 24 heavy (non-hydrogen) atoms. The summed E-state index contributed by atoms with van der Waals surface area (Å²) in [5, 5.41) is 7.05. The number of carbonyl (C=O) groups is 1. The van der Waals surface area contributed by atoms with Crippen molar-refractivity contribution in [3.63, 3.8) is 0 Å². The van der Waals surface area contributed by atoms with E-state index in [2.05, 4.69) is 15.4 Å². The first kappa shape index (κ1) is 15.5. The number of methoxy groups -OCH3 is 2. The number of para-hydroxylation sites is 1. The number of hydrogen-bond acceptors (Lipinski definition) is 5. The van der Waals surface area contributed by atoms with Crippen LogP contribution in [0.3, 0.4) is 0 Å². The zero-order chi connectivity index (χ0) is 16.9. The molecule has 122 valence electrons. The molecule has 0 fully saturated rings. The van der Waals surface area contributed by atoms with Crippen LogP contribution in [-0.4, -0.2) is 34.9 Å². The van der Waals surface area contributed by atoms with Crippen LogP contribution in [0.2, 0.25) is 0 Å². The highest BCUT2D eigenvalue weighted by molar-refractivity contribution is 6.04. The minimum Gasteiger partial charge on any atom is -0.493 e. The summed E-state index contributed by atoms with van der Waals surface area (Å²) in [6, 6.07) is 12.8. The zero-order valence-corrected chi connectivity index (χ0v) is 13.3. The fourth-order valence-electron chi connectivity index (χ4n) is 2.14. The molecule has 3 rings (SSSR count). The average Bonchev–Trinajstić information content (AvgIpc) is 3.08. The predicted molar refractivity (Wildman–Crippen MR) is 88.9 cm³/mol. The van der Waals surface area contributed by atoms with Crippen molar-refractivity contribution in [2.24, 2.45) is 0 Å². The van der Waals surface area contributed by atoms with Crippen molar-refractivity contribution in [2.75, 3.05) is 19.5 Å². The van der Waals surface area contributed by atoms with Crippen LogP contribution in [0.1, 0.15) is 10.5 Å². The SMILES string of the molecule is COc1ccc(NC(=O)c2nn(-c3ccccc3)cc2OC)cn1. The van der Waals surface area contributed by atoms with Crippen LogP contribution in [0, 0.1) is 0 Å². The first-order chi connectivity index (χ1) is 11.7. The van der Waals surface area contributed by atoms with Gasteiger partial charge in [0.2, 0.25) is 5.88 Å². The van der Waals surface area contributed by atoms with Crippen LogP contribution in [0.4, 0.5) is 5.69 Å². The van der Waals surface area contributed by atoms with Gasteiger partial charge in [0.05, 0.1) is 38.0 Å². The molecule has 0 radical (unpaired) electrons. The van der Waals surface area contributed by atoms with E-state index >= 15 is 0 Å². The van der Waals surface area contributed by atoms with Crippen LogP contribution >= 0.6 is 0 Å². The molecule has 0 unspecified atom stereocenters. The zero-order valence-electron chi connectivity index (χ0n) is 13.3. The van der Waals surface area contributed by atoms with Crippen LogP contribution in [0.25, 0.3) is 5.69 Å². The maximum atomic E-state index is 12.5. The van der Waals surface area contributed by atoms with Gasteiger partial charge in [0.15, 0.2) is 11.4 Å². The lowest BCUT2D eigenvalue weighted by Crippen LogP contribution is -2.14. The van der Waals surface area contributed by atoms with Crippen molar-refractivity contribution < 1.29 is 14.3 Å². The molecule has 1 aromatic carbocycles. The molecule has 0 aliphatic heterocycles. The Morgan fingerprint density at radius 2 is 1.88 bits per heavy atom. The Morgan fingerprint density at radius 1 is 1.08 bits per heavy atom. The number of ether oxygens (including phenoxy) is 2. The van der Waals surface area contributed by atoms with Crippen LogP contribution in [0.15, 0.2) is 54.9 Å². The molecule has 2 aromatic heterocycles. The van der Waals surface area contributed by atoms with Gasteiger partial charge in [-0.2, -0.15) is 5.10 Å². The number of benzene rings is 1. The van der Waals surface area contributed by atoms with Crippen molar-refractivity contribution in [3.8, 4) is 17.3 Å². The average molecular weight is 324 g/mol. The quantitative estimate of drug-likeness (QED) is 0.780. The molecular weight excluding hydrogens is 308 g/mol. The summed E-state index contributed by atoms with van der Waals surface area (Å²) in [5.74, 6) is 0.477. The largest absolute Gasteiger partial charge is 0.493 e. The van der Waals surface area contributed by atoms with E-state index in [-0.39, 0.29) is 11.6 Å². The third-order valence-corrected chi connectivity index (χ3v) is 3.34. The minimum atomic E-state index is -0.381. The van der Waals surface area contributed by atoms with Crippen molar-refractivity contribution >= 4 is 11.6 Å². The van der Waals surface area contributed by atoms with E-state index in [1.807, 2.05) is 30.3 Å². The Bertz CT molecular complexity index is 829. The fourth-order valence-corrected chi connectivity index (χ4v) is 2.14. The van der Waals surface area contributed by atoms with Gasteiger partial charge in [0, 0.05) is 6.07 Å². The van der Waals surface area contributed by atoms with Crippen LogP contribution in [-0.2, 0) is 0 Å². The number of aromatic nitrogens is 3. The molecule has 0 aliphatic rings. The Balaban J connectivity index is 1.84. The molecule has 0 saturated heterocycles. The Hall–Kier alpha value is -3.35. The second kappa shape index (κ2) is 6.82. The molecule has 0 spiro atoms. The molecule has 1 amide bonds. The van der Waals surface area contributed by atoms with Gasteiger partial charge in [-0.05, 0) is 18.2 Å². The molecular formula is C17H16N4O3. The maximum Gasteiger partial charge on any atom is 0.280 e. The van der Waals surface area contributed by atoms with Gasteiger partial charge in [-0.1, -0.05) is 18.2 Å². The van der Waals surface area contributed by atoms with E-state index in [1.54, 1.807) is 23.0 Å². The summed E-state index contributed by atoms with van der Waals surface area (Å²) in [4.78, 5) is 16.5. The van der Waals surface area contributed by atoms with E-state index in [4.69, 9.17) is 9.47 Å². The summed E-state index contributed by atoms with van der Waals surface area (Å²) < 4.78 is 11.8. The predicted octanol–water partition coefficient (Wildman–Crippen LogP) is 2.54. The van der Waals surface area contributed by atoms with Gasteiger partial charge < -0.3 is 14.8 Å². The smallest absolute Gasteiger partial charge is 0.280 e. The molecule has 0 bridgehead atoms. The highest BCUT2D eigenvalue weighted by atomic mass is 16.5. The lowest BCUT2D eigenvalue weighted by atomic mass is 10.3. The van der Waals surface area contributed by atoms with E-state index in [9.17, 15) is 4.79 Å². The van der Waals surface area contributed by atoms with E-state index in [1.165, 1.54) is 20.4 Å². The fraction of sp³-hybridized carbons (Fsp3) is 0.118. The Morgan fingerprint density at radius 3 is 2.50 bits per heavy atom. The van der Waals surface area contributed by atoms with Gasteiger partial charge in [-0.3, -0.25) is 4.79 Å². The number of amides is 1. The first-order valence-corrected chi connectivity index (χ1v) is 7.21. The molecule has 1 N–H and O–H groups in total. The monoisotopic (exact) mass is 324 g/mol. The molecule has 0 atom stereocenters. The normalized spacial score (nSPS) is 10.2. The van der Waals surface area contributed by atoms with Gasteiger partial charge in [0.25, 0.3) is 5.91 Å². The van der Waals surface area contributed by atoms with Crippen molar-refractivity contribution in [3.05, 3.63) is 60.6 Å².